The van der Waals surface area contributed by atoms with Crippen molar-refractivity contribution >= 4 is 0 Å². The van der Waals surface area contributed by atoms with Crippen molar-refractivity contribution in [3.05, 3.63) is 53.3 Å². The Morgan fingerprint density at radius 2 is 2.15 bits per heavy atom. The number of para-hydroxylation sites is 1. The van der Waals surface area contributed by atoms with E-state index in [9.17, 15) is 9.50 Å². The fraction of sp³-hybridized carbons (Fsp3) is 0.250. The highest BCUT2D eigenvalue weighted by molar-refractivity contribution is 5.44. The van der Waals surface area contributed by atoms with Gasteiger partial charge in [0.15, 0.2) is 11.6 Å². The number of halogens is 1. The average Bonchev–Trinajstić information content (AvgIpc) is 2.46. The summed E-state index contributed by atoms with van der Waals surface area (Å²) in [6.45, 7) is 0. The summed E-state index contributed by atoms with van der Waals surface area (Å²) in [6.07, 6.45) is 1.25. The van der Waals surface area contributed by atoms with Crippen LogP contribution in [0.4, 0.5) is 4.39 Å². The van der Waals surface area contributed by atoms with Crippen molar-refractivity contribution in [2.75, 3.05) is 7.11 Å². The number of fused-ring (bicyclic) bond motifs is 1. The number of aromatic hydroxyl groups is 1. The second kappa shape index (κ2) is 5.04. The quantitative estimate of drug-likeness (QED) is 0.909. The Hall–Kier alpha value is -2.23. The molecule has 2 aromatic carbocycles. The van der Waals surface area contributed by atoms with Gasteiger partial charge in [-0.3, -0.25) is 0 Å². The van der Waals surface area contributed by atoms with Crippen LogP contribution in [0.1, 0.15) is 23.7 Å². The Morgan fingerprint density at radius 3 is 2.95 bits per heavy atom. The molecule has 0 bridgehead atoms. The molecule has 104 valence electrons. The maximum atomic E-state index is 13.7. The summed E-state index contributed by atoms with van der Waals surface area (Å²) >= 11 is 0. The molecule has 2 aromatic rings. The molecule has 20 heavy (non-hydrogen) atoms. The molecule has 0 aliphatic carbocycles. The third-order valence-electron chi connectivity index (χ3n) is 3.54. The van der Waals surface area contributed by atoms with E-state index in [0.717, 1.165) is 24.2 Å². The summed E-state index contributed by atoms with van der Waals surface area (Å²) < 4.78 is 24.8. The van der Waals surface area contributed by atoms with Crippen LogP contribution in [0.2, 0.25) is 0 Å². The van der Waals surface area contributed by atoms with E-state index in [4.69, 9.17) is 9.47 Å². The van der Waals surface area contributed by atoms with Crippen LogP contribution in [0.25, 0.3) is 0 Å². The minimum Gasteiger partial charge on any atom is -0.508 e. The molecule has 0 amide bonds. The topological polar surface area (TPSA) is 38.7 Å². The molecule has 0 fully saturated rings. The van der Waals surface area contributed by atoms with Gasteiger partial charge in [-0.2, -0.15) is 0 Å². The lowest BCUT2D eigenvalue weighted by Crippen LogP contribution is -2.16. The van der Waals surface area contributed by atoms with Crippen LogP contribution in [-0.2, 0) is 6.42 Å². The second-order valence-corrected chi connectivity index (χ2v) is 4.80. The Kier molecular flexibility index (Phi) is 3.22. The highest BCUT2D eigenvalue weighted by Gasteiger charge is 2.25. The Labute approximate surface area is 116 Å². The van der Waals surface area contributed by atoms with Crippen LogP contribution in [0.15, 0.2) is 36.4 Å². The van der Waals surface area contributed by atoms with Gasteiger partial charge in [-0.25, -0.2) is 4.39 Å². The average molecular weight is 274 g/mol. The van der Waals surface area contributed by atoms with E-state index in [1.54, 1.807) is 24.3 Å². The maximum Gasteiger partial charge on any atom is 0.165 e. The van der Waals surface area contributed by atoms with Crippen molar-refractivity contribution in [1.29, 1.82) is 0 Å². The van der Waals surface area contributed by atoms with Gasteiger partial charge in [-0.15, -0.1) is 0 Å². The van der Waals surface area contributed by atoms with E-state index >= 15 is 0 Å². The van der Waals surface area contributed by atoms with Crippen molar-refractivity contribution in [3.8, 4) is 17.2 Å². The van der Waals surface area contributed by atoms with E-state index in [-0.39, 0.29) is 23.4 Å². The molecular formula is C16H15FO3. The molecule has 0 radical (unpaired) electrons. The fourth-order valence-electron chi connectivity index (χ4n) is 2.59. The predicted molar refractivity (Wildman–Crippen MR) is 72.7 cm³/mol. The minimum atomic E-state index is -0.384. The third kappa shape index (κ3) is 2.18. The molecule has 0 spiro atoms. The lowest BCUT2D eigenvalue weighted by Gasteiger charge is -2.27. The molecule has 1 aliphatic rings. The van der Waals surface area contributed by atoms with Crippen LogP contribution in [0.5, 0.6) is 17.2 Å². The number of rotatable bonds is 2. The van der Waals surface area contributed by atoms with Gasteiger partial charge in [0.1, 0.15) is 17.6 Å². The molecule has 1 unspecified atom stereocenters. The molecule has 0 aromatic heterocycles. The van der Waals surface area contributed by atoms with E-state index in [0.29, 0.717) is 5.56 Å². The normalized spacial score (nSPS) is 17.2. The molecule has 4 heteroatoms. The summed E-state index contributed by atoms with van der Waals surface area (Å²) in [5, 5.41) is 9.46. The van der Waals surface area contributed by atoms with Gasteiger partial charge in [-0.1, -0.05) is 12.1 Å². The number of hydrogen-bond acceptors (Lipinski definition) is 3. The van der Waals surface area contributed by atoms with Crippen LogP contribution in [0.3, 0.4) is 0 Å². The molecule has 1 aliphatic heterocycles. The fourth-order valence-corrected chi connectivity index (χ4v) is 2.59. The molecule has 1 atom stereocenters. The molecule has 3 nitrogen and oxygen atoms in total. The van der Waals surface area contributed by atoms with Gasteiger partial charge in [0.05, 0.1) is 7.11 Å². The van der Waals surface area contributed by atoms with Crippen LogP contribution < -0.4 is 9.47 Å². The van der Waals surface area contributed by atoms with Crippen molar-refractivity contribution in [1.82, 2.24) is 0 Å². The summed E-state index contributed by atoms with van der Waals surface area (Å²) in [7, 11) is 1.46. The first-order valence-electron chi connectivity index (χ1n) is 6.50. The lowest BCUT2D eigenvalue weighted by molar-refractivity contribution is 0.171. The zero-order valence-corrected chi connectivity index (χ0v) is 11.1. The van der Waals surface area contributed by atoms with Crippen molar-refractivity contribution in [3.63, 3.8) is 0 Å². The van der Waals surface area contributed by atoms with Crippen molar-refractivity contribution < 1.29 is 19.0 Å². The zero-order chi connectivity index (χ0) is 14.1. The number of hydrogen-bond donors (Lipinski definition) is 1. The van der Waals surface area contributed by atoms with Gasteiger partial charge >= 0.3 is 0 Å². The molecule has 0 saturated heterocycles. The SMILES string of the molecule is COc1c(F)cccc1C1CCc2cc(O)ccc2O1. The standard InChI is InChI=1S/C16H15FO3/c1-19-16-12(3-2-4-13(16)17)15-7-5-10-9-11(18)6-8-14(10)20-15/h2-4,6,8-9,15,18H,5,7H2,1H3. The monoisotopic (exact) mass is 274 g/mol. The van der Waals surface area contributed by atoms with Crippen LogP contribution in [-0.4, -0.2) is 12.2 Å². The van der Waals surface area contributed by atoms with Crippen molar-refractivity contribution in [2.45, 2.75) is 18.9 Å². The summed E-state index contributed by atoms with van der Waals surface area (Å²) in [4.78, 5) is 0. The smallest absolute Gasteiger partial charge is 0.165 e. The summed E-state index contributed by atoms with van der Waals surface area (Å²) in [6, 6.07) is 9.87. The predicted octanol–water partition coefficient (Wildman–Crippen LogP) is 3.61. The molecule has 3 rings (SSSR count). The second-order valence-electron chi connectivity index (χ2n) is 4.80. The maximum absolute atomic E-state index is 13.7. The number of methoxy groups -OCH3 is 1. The van der Waals surface area contributed by atoms with E-state index < -0.39 is 0 Å². The number of phenols is 1. The first-order valence-corrected chi connectivity index (χ1v) is 6.50. The Balaban J connectivity index is 1.94. The summed E-state index contributed by atoms with van der Waals surface area (Å²) in [5.74, 6) is 0.810. The molecule has 1 N–H and O–H groups in total. The molecule has 0 saturated carbocycles. The van der Waals surface area contributed by atoms with E-state index in [1.807, 2.05) is 6.07 Å². The van der Waals surface area contributed by atoms with Gasteiger partial charge in [0.2, 0.25) is 0 Å². The molecular weight excluding hydrogens is 259 g/mol. The number of benzene rings is 2. The number of ether oxygens (including phenoxy) is 2. The van der Waals surface area contributed by atoms with Gasteiger partial charge in [-0.05, 0) is 42.7 Å². The summed E-state index contributed by atoms with van der Waals surface area (Å²) in [5.41, 5.74) is 1.68. The largest absolute Gasteiger partial charge is 0.508 e. The highest BCUT2D eigenvalue weighted by atomic mass is 19.1. The van der Waals surface area contributed by atoms with Crippen LogP contribution in [0, 0.1) is 5.82 Å². The van der Waals surface area contributed by atoms with E-state index in [1.165, 1.54) is 13.2 Å². The number of phenolic OH excluding ortho intramolecular Hbond substituents is 1. The highest BCUT2D eigenvalue weighted by Crippen LogP contribution is 2.39. The lowest BCUT2D eigenvalue weighted by atomic mass is 9.96. The first-order chi connectivity index (χ1) is 9.69. The van der Waals surface area contributed by atoms with Gasteiger partial charge in [0.25, 0.3) is 0 Å². The van der Waals surface area contributed by atoms with Crippen molar-refractivity contribution in [2.24, 2.45) is 0 Å². The Morgan fingerprint density at radius 1 is 1.30 bits per heavy atom. The minimum absolute atomic E-state index is 0.231. The zero-order valence-electron chi connectivity index (χ0n) is 11.1. The van der Waals surface area contributed by atoms with Gasteiger partial charge in [0, 0.05) is 5.56 Å². The molecule has 1 heterocycles. The number of aryl methyl sites for hydroxylation is 1. The Bertz CT molecular complexity index is 640. The third-order valence-corrected chi connectivity index (χ3v) is 3.54. The van der Waals surface area contributed by atoms with E-state index in [2.05, 4.69) is 0 Å². The van der Waals surface area contributed by atoms with Gasteiger partial charge < -0.3 is 14.6 Å². The van der Waals surface area contributed by atoms with Crippen LogP contribution >= 0.6 is 0 Å². The first kappa shape index (κ1) is 12.8.